The number of hydrogen-bond acceptors (Lipinski definition) is 6. The highest BCUT2D eigenvalue weighted by Crippen LogP contribution is 2.42. The van der Waals surface area contributed by atoms with Crippen LogP contribution < -0.4 is 15.8 Å². The number of hydrogen-bond donors (Lipinski definition) is 3. The first-order chi connectivity index (χ1) is 17.2. The first kappa shape index (κ1) is 23.4. The zero-order chi connectivity index (χ0) is 25.5. The maximum atomic E-state index is 14.8. The van der Waals surface area contributed by atoms with E-state index in [0.29, 0.717) is 21.8 Å². The Morgan fingerprint density at radius 1 is 1.11 bits per heavy atom. The van der Waals surface area contributed by atoms with Gasteiger partial charge in [-0.15, -0.1) is 0 Å². The van der Waals surface area contributed by atoms with E-state index < -0.39 is 17.7 Å². The normalized spacial score (nSPS) is 17.6. The fraction of sp³-hybridized carbons (Fsp3) is 0.130. The Labute approximate surface area is 207 Å². The number of hydrazine groups is 1. The molecule has 1 aromatic carbocycles. The molecule has 0 radical (unpaired) electrons. The van der Waals surface area contributed by atoms with Gasteiger partial charge in [0.25, 0.3) is 11.6 Å². The van der Waals surface area contributed by atoms with E-state index in [1.807, 2.05) is 0 Å². The molecule has 0 aliphatic carbocycles. The minimum absolute atomic E-state index is 0.0155. The zero-order valence-corrected chi connectivity index (χ0v) is 19.3. The van der Waals surface area contributed by atoms with Gasteiger partial charge in [0.1, 0.15) is 5.82 Å². The predicted octanol–water partition coefficient (Wildman–Crippen LogP) is 3.91. The number of H-pyrrole nitrogens is 1. The van der Waals surface area contributed by atoms with E-state index in [-0.39, 0.29) is 17.1 Å². The molecular weight excluding hydrogens is 497 g/mol. The van der Waals surface area contributed by atoms with Gasteiger partial charge in [-0.3, -0.25) is 25.0 Å². The van der Waals surface area contributed by atoms with Gasteiger partial charge >= 0.3 is 6.18 Å². The average molecular weight is 515 g/mol. The highest BCUT2D eigenvalue weighted by Gasteiger charge is 2.62. The average Bonchev–Trinajstić information content (AvgIpc) is 3.60. The molecule has 1 aliphatic rings. The second-order valence-corrected chi connectivity index (χ2v) is 8.38. The highest BCUT2D eigenvalue weighted by atomic mass is 35.5. The molecule has 184 valence electrons. The molecule has 1 amide bonds. The number of alkyl halides is 3. The third kappa shape index (κ3) is 4.05. The monoisotopic (exact) mass is 514 g/mol. The molecule has 13 heteroatoms. The number of anilines is 1. The van der Waals surface area contributed by atoms with E-state index in [1.54, 1.807) is 36.1 Å². The minimum Gasteiger partial charge on any atom is -0.317 e. The summed E-state index contributed by atoms with van der Waals surface area (Å²) in [4.78, 5) is 17.2. The van der Waals surface area contributed by atoms with Crippen molar-refractivity contribution < 1.29 is 18.0 Å². The van der Waals surface area contributed by atoms with Crippen molar-refractivity contribution >= 4 is 29.0 Å². The zero-order valence-electron chi connectivity index (χ0n) is 18.6. The van der Waals surface area contributed by atoms with Crippen LogP contribution in [-0.2, 0) is 7.05 Å². The molecule has 0 saturated carbocycles. The summed E-state index contributed by atoms with van der Waals surface area (Å²) in [6.07, 6.45) is 1.87. The van der Waals surface area contributed by atoms with Gasteiger partial charge in [0, 0.05) is 48.4 Å². The summed E-state index contributed by atoms with van der Waals surface area (Å²) in [6.45, 7) is 0. The first-order valence-corrected chi connectivity index (χ1v) is 10.9. The van der Waals surface area contributed by atoms with Gasteiger partial charge in [-0.25, -0.2) is 5.01 Å². The van der Waals surface area contributed by atoms with Gasteiger partial charge in [-0.2, -0.15) is 23.4 Å². The topological polar surface area (TPSA) is 104 Å². The van der Waals surface area contributed by atoms with Crippen LogP contribution in [0.2, 0.25) is 5.02 Å². The lowest BCUT2D eigenvalue weighted by Gasteiger charge is -2.39. The fourth-order valence-corrected chi connectivity index (χ4v) is 4.07. The number of pyridine rings is 1. The van der Waals surface area contributed by atoms with Crippen molar-refractivity contribution in [1.29, 1.82) is 0 Å². The van der Waals surface area contributed by atoms with Gasteiger partial charge in [0.15, 0.2) is 0 Å². The molecule has 1 atom stereocenters. The largest absolute Gasteiger partial charge is 0.436 e. The number of amides is 1. The lowest BCUT2D eigenvalue weighted by atomic mass is 10.0. The molecule has 4 aromatic rings. The maximum Gasteiger partial charge on any atom is 0.436 e. The number of nitrogens with zero attached hydrogens (tertiary/aromatic N) is 5. The SMILES string of the molecule is Cn1ccc(-c2cc(C(=O)NC3(C(F)(F)F)C=C(c4ccncc4)NN3c3ccn[nH]3)ccc2Cl)n1. The van der Waals surface area contributed by atoms with Crippen LogP contribution in [0.25, 0.3) is 17.0 Å². The number of aromatic amines is 1. The standard InChI is InChI=1S/C23H18ClF3N8O/c1-34-11-7-18(32-34)16-12-15(2-3-17(16)24)21(36)30-22(23(25,26)27)13-19(14-4-8-28-9-5-14)33-35(22)20-6-10-29-31-20/h2-13,33H,1H3,(H,29,31)(H,30,36). The van der Waals surface area contributed by atoms with Crippen molar-refractivity contribution in [2.45, 2.75) is 11.8 Å². The van der Waals surface area contributed by atoms with Gasteiger partial charge in [-0.05, 0) is 42.5 Å². The summed E-state index contributed by atoms with van der Waals surface area (Å²) in [6, 6.07) is 10.3. The molecule has 5 rings (SSSR count). The quantitative estimate of drug-likeness (QED) is 0.373. The van der Waals surface area contributed by atoms with Crippen LogP contribution in [0.1, 0.15) is 15.9 Å². The molecule has 0 fully saturated rings. The van der Waals surface area contributed by atoms with Crippen LogP contribution in [0.15, 0.2) is 73.3 Å². The fourth-order valence-electron chi connectivity index (χ4n) is 3.86. The van der Waals surface area contributed by atoms with Gasteiger partial charge in [0.05, 0.1) is 22.6 Å². The van der Waals surface area contributed by atoms with Crippen molar-refractivity contribution in [1.82, 2.24) is 35.7 Å². The number of halogens is 4. The molecule has 36 heavy (non-hydrogen) atoms. The Balaban J connectivity index is 1.58. The third-order valence-corrected chi connectivity index (χ3v) is 5.94. The second-order valence-electron chi connectivity index (χ2n) is 7.97. The van der Waals surface area contributed by atoms with E-state index in [4.69, 9.17) is 11.6 Å². The Bertz CT molecular complexity index is 1440. The van der Waals surface area contributed by atoms with Crippen molar-refractivity contribution in [3.8, 4) is 11.3 Å². The molecule has 0 saturated heterocycles. The number of rotatable bonds is 5. The smallest absolute Gasteiger partial charge is 0.317 e. The van der Waals surface area contributed by atoms with E-state index in [0.717, 1.165) is 11.1 Å². The van der Waals surface area contributed by atoms with Crippen molar-refractivity contribution in [2.24, 2.45) is 7.05 Å². The Morgan fingerprint density at radius 2 is 1.89 bits per heavy atom. The Morgan fingerprint density at radius 3 is 2.53 bits per heavy atom. The molecule has 0 spiro atoms. The number of carbonyl (C=O) groups is 1. The highest BCUT2D eigenvalue weighted by molar-refractivity contribution is 6.33. The number of aromatic nitrogens is 5. The summed E-state index contributed by atoms with van der Waals surface area (Å²) in [5.41, 5.74) is 1.20. The van der Waals surface area contributed by atoms with Crippen LogP contribution >= 0.6 is 11.6 Å². The van der Waals surface area contributed by atoms with Crippen molar-refractivity contribution in [3.05, 3.63) is 89.5 Å². The number of carbonyl (C=O) groups excluding carboxylic acids is 1. The Kier molecular flexibility index (Phi) is 5.67. The van der Waals surface area contributed by atoms with Crippen LogP contribution in [0.4, 0.5) is 19.0 Å². The van der Waals surface area contributed by atoms with Crippen LogP contribution in [0.5, 0.6) is 0 Å². The van der Waals surface area contributed by atoms with Gasteiger partial charge < -0.3 is 5.32 Å². The number of nitrogens with one attached hydrogen (secondary N) is 3. The van der Waals surface area contributed by atoms with Crippen LogP contribution in [-0.4, -0.2) is 42.7 Å². The maximum absolute atomic E-state index is 14.8. The van der Waals surface area contributed by atoms with Gasteiger partial charge in [0.2, 0.25) is 0 Å². The number of benzene rings is 1. The molecule has 1 aliphatic heterocycles. The van der Waals surface area contributed by atoms with Crippen LogP contribution in [0.3, 0.4) is 0 Å². The molecular formula is C23H18ClF3N8O. The summed E-state index contributed by atoms with van der Waals surface area (Å²) < 4.78 is 46.0. The number of aryl methyl sites for hydroxylation is 1. The predicted molar refractivity (Wildman–Crippen MR) is 126 cm³/mol. The second kappa shape index (κ2) is 8.72. The minimum atomic E-state index is -4.95. The molecule has 0 bridgehead atoms. The molecule has 9 nitrogen and oxygen atoms in total. The van der Waals surface area contributed by atoms with E-state index in [9.17, 15) is 18.0 Å². The summed E-state index contributed by atoms with van der Waals surface area (Å²) in [7, 11) is 1.71. The van der Waals surface area contributed by atoms with E-state index in [2.05, 4.69) is 31.0 Å². The van der Waals surface area contributed by atoms with Crippen molar-refractivity contribution in [2.75, 3.05) is 5.01 Å². The molecule has 3 aromatic heterocycles. The van der Waals surface area contributed by atoms with E-state index in [1.165, 1.54) is 42.9 Å². The third-order valence-electron chi connectivity index (χ3n) is 5.61. The molecule has 3 N–H and O–H groups in total. The lowest BCUT2D eigenvalue weighted by Crippen LogP contribution is -2.68. The summed E-state index contributed by atoms with van der Waals surface area (Å²) >= 11 is 6.29. The van der Waals surface area contributed by atoms with Crippen molar-refractivity contribution in [3.63, 3.8) is 0 Å². The first-order valence-electron chi connectivity index (χ1n) is 10.6. The van der Waals surface area contributed by atoms with Crippen LogP contribution in [0, 0.1) is 0 Å². The Hall–Kier alpha value is -4.32. The lowest BCUT2D eigenvalue weighted by molar-refractivity contribution is -0.178. The van der Waals surface area contributed by atoms with Gasteiger partial charge in [-0.1, -0.05) is 11.6 Å². The molecule has 4 heterocycles. The molecule has 1 unspecified atom stereocenters. The summed E-state index contributed by atoms with van der Waals surface area (Å²) in [5.74, 6) is -0.988. The summed E-state index contributed by atoms with van der Waals surface area (Å²) in [5, 5.41) is 13.8. The van der Waals surface area contributed by atoms with E-state index >= 15 is 0 Å².